The predicted octanol–water partition coefficient (Wildman–Crippen LogP) is 2.29. The Morgan fingerprint density at radius 2 is 2.16 bits per heavy atom. The third-order valence-electron chi connectivity index (χ3n) is 4.57. The second-order valence-corrected chi connectivity index (χ2v) is 7.41. The Labute approximate surface area is 149 Å². The summed E-state index contributed by atoms with van der Waals surface area (Å²) in [5.74, 6) is 0.703. The lowest BCUT2D eigenvalue weighted by Gasteiger charge is -2.10. The van der Waals surface area contributed by atoms with Gasteiger partial charge in [-0.3, -0.25) is 4.79 Å². The lowest BCUT2D eigenvalue weighted by Crippen LogP contribution is -2.26. The van der Waals surface area contributed by atoms with Gasteiger partial charge in [0.2, 0.25) is 5.82 Å². The molecule has 0 saturated carbocycles. The molecule has 0 unspecified atom stereocenters. The van der Waals surface area contributed by atoms with Gasteiger partial charge in [0.1, 0.15) is 10.7 Å². The van der Waals surface area contributed by atoms with Crippen molar-refractivity contribution in [2.75, 3.05) is 20.3 Å². The normalized spacial score (nSPS) is 14.2. The van der Waals surface area contributed by atoms with E-state index in [2.05, 4.69) is 15.4 Å². The fourth-order valence-corrected chi connectivity index (χ4v) is 4.65. The van der Waals surface area contributed by atoms with Gasteiger partial charge < -0.3 is 10.1 Å². The molecule has 132 valence electrons. The Bertz CT molecular complexity index is 946. The molecule has 0 fully saturated rings. The molecule has 4 rings (SSSR count). The fraction of sp³-hybridized carbons (Fsp3) is 0.529. The van der Waals surface area contributed by atoms with Gasteiger partial charge in [0, 0.05) is 25.1 Å². The van der Waals surface area contributed by atoms with Gasteiger partial charge in [-0.2, -0.15) is 4.52 Å². The summed E-state index contributed by atoms with van der Waals surface area (Å²) in [6.45, 7) is 3.06. The topological polar surface area (TPSA) is 81.4 Å². The molecule has 1 aliphatic rings. The molecule has 0 bridgehead atoms. The number of carbonyl (C=O) groups excluding carboxylic acids is 1. The maximum atomic E-state index is 12.3. The van der Waals surface area contributed by atoms with Crippen molar-refractivity contribution in [3.05, 3.63) is 22.1 Å². The number of hydrogen-bond acceptors (Lipinski definition) is 6. The minimum atomic E-state index is -0.253. The molecule has 1 amide bonds. The van der Waals surface area contributed by atoms with Crippen molar-refractivity contribution in [1.82, 2.24) is 24.9 Å². The first-order valence-corrected chi connectivity index (χ1v) is 9.45. The summed E-state index contributed by atoms with van der Waals surface area (Å²) in [5.41, 5.74) is 2.10. The summed E-state index contributed by atoms with van der Waals surface area (Å²) in [6, 6.07) is 0. The molecule has 0 saturated heterocycles. The number of nitrogens with one attached hydrogen (secondary N) is 1. The molecule has 8 heteroatoms. The highest BCUT2D eigenvalue weighted by Gasteiger charge is 2.23. The fourth-order valence-electron chi connectivity index (χ4n) is 3.35. The van der Waals surface area contributed by atoms with Crippen LogP contribution in [-0.4, -0.2) is 45.8 Å². The number of aryl methyl sites for hydroxylation is 3. The maximum Gasteiger partial charge on any atom is 0.290 e. The van der Waals surface area contributed by atoms with Gasteiger partial charge >= 0.3 is 0 Å². The van der Waals surface area contributed by atoms with E-state index in [-0.39, 0.29) is 11.7 Å². The van der Waals surface area contributed by atoms with Crippen LogP contribution >= 0.6 is 11.3 Å². The first kappa shape index (κ1) is 16.4. The van der Waals surface area contributed by atoms with Gasteiger partial charge in [-0.25, -0.2) is 9.97 Å². The van der Waals surface area contributed by atoms with Gasteiger partial charge in [0.05, 0.1) is 5.39 Å². The predicted molar refractivity (Wildman–Crippen MR) is 96.4 cm³/mol. The monoisotopic (exact) mass is 359 g/mol. The standard InChI is InChI=1S/C17H21N5O2S/c1-10-19-17-13(11-6-3-4-7-12(11)25-17)15-20-14(21-22(10)15)16(23)18-8-5-9-24-2/h3-9H2,1-2H3,(H,18,23). The molecule has 0 spiro atoms. The Balaban J connectivity index is 1.74. The van der Waals surface area contributed by atoms with E-state index in [9.17, 15) is 4.79 Å². The van der Waals surface area contributed by atoms with Gasteiger partial charge in [0.25, 0.3) is 5.91 Å². The van der Waals surface area contributed by atoms with Crippen molar-refractivity contribution in [3.63, 3.8) is 0 Å². The average molecular weight is 359 g/mol. The number of rotatable bonds is 5. The molecule has 25 heavy (non-hydrogen) atoms. The van der Waals surface area contributed by atoms with Crippen LogP contribution in [0.3, 0.4) is 0 Å². The molecule has 0 aromatic carbocycles. The summed E-state index contributed by atoms with van der Waals surface area (Å²) in [7, 11) is 1.65. The highest BCUT2D eigenvalue weighted by Crippen LogP contribution is 2.37. The summed E-state index contributed by atoms with van der Waals surface area (Å²) >= 11 is 1.76. The number of nitrogens with zero attached hydrogens (tertiary/aromatic N) is 4. The van der Waals surface area contributed by atoms with Gasteiger partial charge in [-0.15, -0.1) is 16.4 Å². The lowest BCUT2D eigenvalue weighted by atomic mass is 9.97. The summed E-state index contributed by atoms with van der Waals surface area (Å²) in [6.07, 6.45) is 5.36. The minimum Gasteiger partial charge on any atom is -0.385 e. The highest BCUT2D eigenvalue weighted by molar-refractivity contribution is 7.19. The van der Waals surface area contributed by atoms with Crippen LogP contribution in [0, 0.1) is 6.92 Å². The van der Waals surface area contributed by atoms with E-state index in [1.165, 1.54) is 23.3 Å². The molecule has 1 N–H and O–H groups in total. The summed E-state index contributed by atoms with van der Waals surface area (Å²) in [5, 5.41) is 8.32. The molecule has 0 atom stereocenters. The Morgan fingerprint density at radius 1 is 1.32 bits per heavy atom. The number of methoxy groups -OCH3 is 1. The van der Waals surface area contributed by atoms with Crippen LogP contribution in [0.15, 0.2) is 0 Å². The van der Waals surface area contributed by atoms with Crippen molar-refractivity contribution in [2.45, 2.75) is 39.0 Å². The largest absolute Gasteiger partial charge is 0.385 e. The van der Waals surface area contributed by atoms with E-state index in [1.54, 1.807) is 23.0 Å². The molecular weight excluding hydrogens is 338 g/mol. The number of hydrogen-bond donors (Lipinski definition) is 1. The maximum absolute atomic E-state index is 12.3. The van der Waals surface area contributed by atoms with Gasteiger partial charge in [-0.05, 0) is 44.6 Å². The number of fused-ring (bicyclic) bond motifs is 5. The number of aromatic nitrogens is 4. The quantitative estimate of drug-likeness (QED) is 0.707. The average Bonchev–Trinajstić information content (AvgIpc) is 3.20. The van der Waals surface area contributed by atoms with E-state index in [0.717, 1.165) is 41.0 Å². The minimum absolute atomic E-state index is 0.200. The van der Waals surface area contributed by atoms with Crippen molar-refractivity contribution >= 4 is 33.1 Å². The zero-order valence-electron chi connectivity index (χ0n) is 14.5. The van der Waals surface area contributed by atoms with E-state index >= 15 is 0 Å². The third-order valence-corrected chi connectivity index (χ3v) is 5.75. The SMILES string of the molecule is COCCCNC(=O)c1nc2c3c4c(sc3nc(C)n2n1)CCCC4. The number of carbonyl (C=O) groups is 1. The number of ether oxygens (including phenoxy) is 1. The van der Waals surface area contributed by atoms with Crippen molar-refractivity contribution in [1.29, 1.82) is 0 Å². The van der Waals surface area contributed by atoms with Crippen LogP contribution in [0.4, 0.5) is 0 Å². The first-order valence-electron chi connectivity index (χ1n) is 8.64. The Hall–Kier alpha value is -2.06. The van der Waals surface area contributed by atoms with Crippen LogP contribution in [0.1, 0.15) is 46.1 Å². The van der Waals surface area contributed by atoms with Crippen LogP contribution in [0.2, 0.25) is 0 Å². The van der Waals surface area contributed by atoms with Gasteiger partial charge in [0.15, 0.2) is 5.65 Å². The molecular formula is C17H21N5O2S. The Kier molecular flexibility index (Phi) is 4.39. The second-order valence-electron chi connectivity index (χ2n) is 6.32. The smallest absolute Gasteiger partial charge is 0.290 e. The van der Waals surface area contributed by atoms with E-state index in [0.29, 0.717) is 13.2 Å². The highest BCUT2D eigenvalue weighted by atomic mass is 32.1. The summed E-state index contributed by atoms with van der Waals surface area (Å²) in [4.78, 5) is 24.0. The van der Waals surface area contributed by atoms with Crippen LogP contribution in [0.25, 0.3) is 15.9 Å². The lowest BCUT2D eigenvalue weighted by molar-refractivity contribution is 0.0938. The van der Waals surface area contributed by atoms with Crippen molar-refractivity contribution < 1.29 is 9.53 Å². The van der Waals surface area contributed by atoms with E-state index < -0.39 is 0 Å². The van der Waals surface area contributed by atoms with Crippen molar-refractivity contribution in [2.24, 2.45) is 0 Å². The zero-order valence-corrected chi connectivity index (χ0v) is 15.3. The molecule has 3 heterocycles. The molecule has 3 aromatic heterocycles. The van der Waals surface area contributed by atoms with E-state index in [4.69, 9.17) is 9.72 Å². The molecule has 0 radical (unpaired) electrons. The Morgan fingerprint density at radius 3 is 3.00 bits per heavy atom. The molecule has 7 nitrogen and oxygen atoms in total. The van der Waals surface area contributed by atoms with Crippen molar-refractivity contribution in [3.8, 4) is 0 Å². The van der Waals surface area contributed by atoms with Crippen LogP contribution in [0.5, 0.6) is 0 Å². The molecule has 1 aliphatic carbocycles. The zero-order chi connectivity index (χ0) is 17.4. The van der Waals surface area contributed by atoms with Crippen LogP contribution in [-0.2, 0) is 17.6 Å². The first-order chi connectivity index (χ1) is 12.2. The summed E-state index contributed by atoms with van der Waals surface area (Å²) < 4.78 is 6.69. The number of thiophene rings is 1. The van der Waals surface area contributed by atoms with Gasteiger partial charge in [-0.1, -0.05) is 0 Å². The molecule has 3 aromatic rings. The number of amides is 1. The molecule has 0 aliphatic heterocycles. The van der Waals surface area contributed by atoms with Crippen LogP contribution < -0.4 is 5.32 Å². The van der Waals surface area contributed by atoms with E-state index in [1.807, 2.05) is 6.92 Å². The second kappa shape index (κ2) is 6.68. The third kappa shape index (κ3) is 2.89.